The van der Waals surface area contributed by atoms with Gasteiger partial charge in [-0.2, -0.15) is 0 Å². The zero-order valence-electron chi connectivity index (χ0n) is 11.7. The molecule has 1 aromatic rings. The number of phosphoric ester groups is 1. The lowest BCUT2D eigenvalue weighted by Crippen LogP contribution is -2.20. The summed E-state index contributed by atoms with van der Waals surface area (Å²) < 4.78 is 29.0. The molecule has 0 aliphatic carbocycles. The second kappa shape index (κ2) is 6.89. The molecule has 1 heterocycles. The number of aromatic nitrogens is 1. The maximum absolute atomic E-state index is 12.2. The number of hydrogen-bond donors (Lipinski definition) is 0. The molecule has 19 heavy (non-hydrogen) atoms. The van der Waals surface area contributed by atoms with Gasteiger partial charge in [-0.05, 0) is 27.7 Å². The predicted octanol–water partition coefficient (Wildman–Crippen LogP) is 2.74. The molecule has 0 aliphatic heterocycles. The van der Waals surface area contributed by atoms with Crippen molar-refractivity contribution in [3.8, 4) is 5.75 Å². The Kier molecular flexibility index (Phi) is 5.79. The standard InChI is InChI=1S/C12H20NO5P/c1-5-13-10(4)8-11(9-12(13)14)18-19(15,16-6-2)17-7-3/h8-9H,5-7H2,1-4H3. The van der Waals surface area contributed by atoms with E-state index < -0.39 is 7.82 Å². The highest BCUT2D eigenvalue weighted by Crippen LogP contribution is 2.49. The maximum Gasteiger partial charge on any atom is 0.530 e. The highest BCUT2D eigenvalue weighted by atomic mass is 31.2. The third-order valence-electron chi connectivity index (χ3n) is 2.42. The molecule has 0 saturated heterocycles. The van der Waals surface area contributed by atoms with Crippen molar-refractivity contribution < 1.29 is 18.1 Å². The van der Waals surface area contributed by atoms with Crippen molar-refractivity contribution >= 4 is 7.82 Å². The average molecular weight is 289 g/mol. The van der Waals surface area contributed by atoms with Gasteiger partial charge in [-0.1, -0.05) is 0 Å². The van der Waals surface area contributed by atoms with Crippen LogP contribution in [0.15, 0.2) is 16.9 Å². The largest absolute Gasteiger partial charge is 0.530 e. The van der Waals surface area contributed by atoms with Gasteiger partial charge in [0.1, 0.15) is 5.75 Å². The molecule has 0 fully saturated rings. The number of aryl methyl sites for hydroxylation is 1. The summed E-state index contributed by atoms with van der Waals surface area (Å²) in [6, 6.07) is 2.91. The van der Waals surface area contributed by atoms with Gasteiger partial charge in [-0.3, -0.25) is 13.8 Å². The molecule has 0 aromatic carbocycles. The minimum absolute atomic E-state index is 0.192. The van der Waals surface area contributed by atoms with E-state index >= 15 is 0 Å². The minimum Gasteiger partial charge on any atom is -0.404 e. The number of phosphoric acid groups is 1. The Morgan fingerprint density at radius 3 is 2.16 bits per heavy atom. The van der Waals surface area contributed by atoms with E-state index in [2.05, 4.69) is 0 Å². The molecule has 0 aliphatic rings. The monoisotopic (exact) mass is 289 g/mol. The summed E-state index contributed by atoms with van der Waals surface area (Å²) in [5, 5.41) is 0. The lowest BCUT2D eigenvalue weighted by atomic mass is 10.3. The Bertz CT molecular complexity index is 515. The van der Waals surface area contributed by atoms with Gasteiger partial charge < -0.3 is 9.09 Å². The molecule has 0 amide bonds. The molecule has 0 spiro atoms. The van der Waals surface area contributed by atoms with Crippen molar-refractivity contribution in [1.82, 2.24) is 4.57 Å². The molecule has 0 saturated carbocycles. The quantitative estimate of drug-likeness (QED) is 0.722. The van der Waals surface area contributed by atoms with Gasteiger partial charge in [-0.25, -0.2) is 4.57 Å². The maximum atomic E-state index is 12.2. The second-order valence-electron chi connectivity index (χ2n) is 3.79. The third-order valence-corrected chi connectivity index (χ3v) is 4.00. The highest BCUT2D eigenvalue weighted by Gasteiger charge is 2.27. The summed E-state index contributed by atoms with van der Waals surface area (Å²) >= 11 is 0. The summed E-state index contributed by atoms with van der Waals surface area (Å²) in [4.78, 5) is 11.8. The van der Waals surface area contributed by atoms with Crippen molar-refractivity contribution in [2.24, 2.45) is 0 Å². The first kappa shape index (κ1) is 16.0. The van der Waals surface area contributed by atoms with Crippen LogP contribution < -0.4 is 10.1 Å². The van der Waals surface area contributed by atoms with E-state index in [1.165, 1.54) is 6.07 Å². The van der Waals surface area contributed by atoms with E-state index in [0.29, 0.717) is 6.54 Å². The molecule has 7 heteroatoms. The molecule has 1 aromatic heterocycles. The zero-order valence-corrected chi connectivity index (χ0v) is 12.6. The van der Waals surface area contributed by atoms with Crippen molar-refractivity contribution in [2.75, 3.05) is 13.2 Å². The first-order chi connectivity index (χ1) is 8.95. The Hall–Kier alpha value is -1.10. The fraction of sp³-hybridized carbons (Fsp3) is 0.583. The number of hydrogen-bond acceptors (Lipinski definition) is 5. The topological polar surface area (TPSA) is 66.8 Å². The van der Waals surface area contributed by atoms with Gasteiger partial charge >= 0.3 is 7.82 Å². The Morgan fingerprint density at radius 2 is 1.74 bits per heavy atom. The average Bonchev–Trinajstić information content (AvgIpc) is 2.28. The summed E-state index contributed by atoms with van der Waals surface area (Å²) in [5.74, 6) is 0.192. The van der Waals surface area contributed by atoms with E-state index in [1.807, 2.05) is 6.92 Å². The van der Waals surface area contributed by atoms with Crippen LogP contribution in [0.5, 0.6) is 5.75 Å². The lowest BCUT2D eigenvalue weighted by molar-refractivity contribution is 0.167. The lowest BCUT2D eigenvalue weighted by Gasteiger charge is -2.17. The molecule has 1 rings (SSSR count). The normalized spacial score (nSPS) is 11.6. The summed E-state index contributed by atoms with van der Waals surface area (Å²) in [7, 11) is -3.65. The van der Waals surface area contributed by atoms with Crippen LogP contribution in [0.3, 0.4) is 0 Å². The predicted molar refractivity (Wildman–Crippen MR) is 72.6 cm³/mol. The number of rotatable bonds is 7. The zero-order chi connectivity index (χ0) is 14.5. The van der Waals surface area contributed by atoms with Crippen LogP contribution in [-0.2, 0) is 20.2 Å². The first-order valence-electron chi connectivity index (χ1n) is 6.26. The molecule has 0 unspecified atom stereocenters. The molecule has 0 atom stereocenters. The van der Waals surface area contributed by atoms with Crippen LogP contribution in [0, 0.1) is 6.92 Å². The Balaban J connectivity index is 3.04. The van der Waals surface area contributed by atoms with E-state index in [0.717, 1.165) is 5.69 Å². The van der Waals surface area contributed by atoms with Crippen LogP contribution in [-0.4, -0.2) is 17.8 Å². The minimum atomic E-state index is -3.65. The summed E-state index contributed by atoms with van der Waals surface area (Å²) in [6.45, 7) is 8.00. The van der Waals surface area contributed by atoms with Crippen LogP contribution in [0.25, 0.3) is 0 Å². The molecule has 108 valence electrons. The Morgan fingerprint density at radius 1 is 1.16 bits per heavy atom. The molecule has 0 radical (unpaired) electrons. The summed E-state index contributed by atoms with van der Waals surface area (Å²) in [6.07, 6.45) is 0. The molecule has 6 nitrogen and oxygen atoms in total. The van der Waals surface area contributed by atoms with Crippen molar-refractivity contribution in [3.05, 3.63) is 28.2 Å². The van der Waals surface area contributed by atoms with E-state index in [4.69, 9.17) is 13.6 Å². The van der Waals surface area contributed by atoms with E-state index in [-0.39, 0.29) is 24.5 Å². The van der Waals surface area contributed by atoms with Crippen molar-refractivity contribution in [1.29, 1.82) is 0 Å². The second-order valence-corrected chi connectivity index (χ2v) is 5.38. The SMILES string of the molecule is CCOP(=O)(OCC)Oc1cc(C)n(CC)c(=O)c1. The van der Waals surface area contributed by atoms with Crippen LogP contribution in [0.2, 0.25) is 0 Å². The molecular formula is C12H20NO5P. The molecule has 0 bridgehead atoms. The number of pyridine rings is 1. The third kappa shape index (κ3) is 4.20. The fourth-order valence-electron chi connectivity index (χ4n) is 1.69. The molecular weight excluding hydrogens is 269 g/mol. The van der Waals surface area contributed by atoms with Crippen molar-refractivity contribution in [3.63, 3.8) is 0 Å². The Labute approximate surface area is 112 Å². The van der Waals surface area contributed by atoms with Crippen LogP contribution in [0.4, 0.5) is 0 Å². The summed E-state index contributed by atoms with van der Waals surface area (Å²) in [5.41, 5.74) is 0.515. The van der Waals surface area contributed by atoms with Gasteiger partial charge in [0.15, 0.2) is 0 Å². The van der Waals surface area contributed by atoms with Crippen LogP contribution in [0.1, 0.15) is 26.5 Å². The van der Waals surface area contributed by atoms with Gasteiger partial charge in [0.05, 0.1) is 13.2 Å². The molecule has 0 N–H and O–H groups in total. The fourth-order valence-corrected chi connectivity index (χ4v) is 2.87. The van der Waals surface area contributed by atoms with Gasteiger partial charge in [0.25, 0.3) is 5.56 Å². The van der Waals surface area contributed by atoms with E-state index in [9.17, 15) is 9.36 Å². The smallest absolute Gasteiger partial charge is 0.404 e. The van der Waals surface area contributed by atoms with Gasteiger partial charge in [0.2, 0.25) is 0 Å². The van der Waals surface area contributed by atoms with Crippen molar-refractivity contribution in [2.45, 2.75) is 34.2 Å². The van der Waals surface area contributed by atoms with Gasteiger partial charge in [-0.15, -0.1) is 0 Å². The number of nitrogens with zero attached hydrogens (tertiary/aromatic N) is 1. The van der Waals surface area contributed by atoms with Crippen LogP contribution >= 0.6 is 7.82 Å². The highest BCUT2D eigenvalue weighted by molar-refractivity contribution is 7.48. The van der Waals surface area contributed by atoms with Gasteiger partial charge in [0, 0.05) is 24.4 Å². The van der Waals surface area contributed by atoms with E-state index in [1.54, 1.807) is 31.4 Å². The first-order valence-corrected chi connectivity index (χ1v) is 7.72.